The Morgan fingerprint density at radius 1 is 1.07 bits per heavy atom. The molecule has 0 saturated carbocycles. The number of ether oxygens (including phenoxy) is 4. The molecule has 30 heavy (non-hydrogen) atoms. The van der Waals surface area contributed by atoms with Gasteiger partial charge in [0.05, 0.1) is 5.41 Å². The topological polar surface area (TPSA) is 71.1 Å². The number of ketones is 1. The van der Waals surface area contributed by atoms with Crippen molar-refractivity contribution in [3.63, 3.8) is 0 Å². The summed E-state index contributed by atoms with van der Waals surface area (Å²) in [5, 5.41) is 0. The molecule has 0 bridgehead atoms. The van der Waals surface area contributed by atoms with Gasteiger partial charge in [-0.2, -0.15) is 0 Å². The monoisotopic (exact) mass is 488 g/mol. The van der Waals surface area contributed by atoms with Gasteiger partial charge in [0.25, 0.3) is 0 Å². The van der Waals surface area contributed by atoms with Gasteiger partial charge < -0.3 is 18.9 Å². The molecule has 0 amide bonds. The van der Waals surface area contributed by atoms with Gasteiger partial charge in [-0.15, -0.1) is 6.58 Å². The van der Waals surface area contributed by atoms with E-state index in [2.05, 4.69) is 6.58 Å². The molecule has 0 saturated heterocycles. The van der Waals surface area contributed by atoms with Crippen molar-refractivity contribution in [2.24, 2.45) is 11.3 Å². The largest absolute Gasteiger partial charge is 0.508 e. The molecule has 0 spiro atoms. The van der Waals surface area contributed by atoms with E-state index in [1.54, 1.807) is 19.9 Å². The molecule has 176 valence electrons. The second-order valence-corrected chi connectivity index (χ2v) is 10.3. The van der Waals surface area contributed by atoms with Crippen molar-refractivity contribution < 1.29 is 28.5 Å². The fraction of sp³-hybridized carbons (Fsp3) is 0.810. The highest BCUT2D eigenvalue weighted by atomic mass is 35.6. The van der Waals surface area contributed by atoms with Crippen molar-refractivity contribution in [3.05, 3.63) is 12.7 Å². The highest BCUT2D eigenvalue weighted by Crippen LogP contribution is 2.31. The van der Waals surface area contributed by atoms with Crippen LogP contribution in [0.3, 0.4) is 0 Å². The van der Waals surface area contributed by atoms with E-state index in [0.717, 1.165) is 12.8 Å². The van der Waals surface area contributed by atoms with Crippen LogP contribution in [0.25, 0.3) is 0 Å². The Hall–Kier alpha value is -0.530. The zero-order valence-corrected chi connectivity index (χ0v) is 20.8. The fourth-order valence-electron chi connectivity index (χ4n) is 2.56. The maximum Gasteiger partial charge on any atom is 0.508 e. The van der Waals surface area contributed by atoms with Crippen LogP contribution >= 0.6 is 34.8 Å². The molecule has 2 atom stereocenters. The molecule has 0 aliphatic heterocycles. The summed E-state index contributed by atoms with van der Waals surface area (Å²) in [6, 6.07) is 0. The molecule has 0 N–H and O–H groups in total. The number of alkyl halides is 3. The average Bonchev–Trinajstić information content (AvgIpc) is 2.65. The third-order valence-corrected chi connectivity index (χ3v) is 4.74. The van der Waals surface area contributed by atoms with Crippen molar-refractivity contribution in [2.45, 2.75) is 76.5 Å². The van der Waals surface area contributed by atoms with E-state index < -0.39 is 34.4 Å². The normalized spacial score (nSPS) is 14.3. The Kier molecular flexibility index (Phi) is 14.3. The lowest BCUT2D eigenvalue weighted by Crippen LogP contribution is -2.43. The van der Waals surface area contributed by atoms with E-state index in [1.807, 2.05) is 20.8 Å². The van der Waals surface area contributed by atoms with Gasteiger partial charge >= 0.3 is 6.16 Å². The zero-order chi connectivity index (χ0) is 23.4. The van der Waals surface area contributed by atoms with Crippen LogP contribution < -0.4 is 0 Å². The summed E-state index contributed by atoms with van der Waals surface area (Å²) in [5.74, 6) is -0.330. The summed E-state index contributed by atoms with van der Waals surface area (Å²) < 4.78 is 20.1. The van der Waals surface area contributed by atoms with Crippen LogP contribution in [0, 0.1) is 11.3 Å². The van der Waals surface area contributed by atoms with Gasteiger partial charge in [-0.1, -0.05) is 61.7 Å². The minimum Gasteiger partial charge on any atom is -0.430 e. The molecular formula is C21H35Cl3O6. The number of carbonyl (C=O) groups excluding carboxylic acids is 2. The third-order valence-electron chi connectivity index (χ3n) is 4.42. The molecule has 0 aromatic heterocycles. The van der Waals surface area contributed by atoms with E-state index in [1.165, 1.54) is 0 Å². The van der Waals surface area contributed by atoms with Crippen LogP contribution in [-0.2, 0) is 23.7 Å². The summed E-state index contributed by atoms with van der Waals surface area (Å²) >= 11 is 16.8. The smallest absolute Gasteiger partial charge is 0.430 e. The third kappa shape index (κ3) is 11.8. The fourth-order valence-corrected chi connectivity index (χ4v) is 2.73. The molecule has 9 heteroatoms. The maximum atomic E-state index is 13.2. The molecule has 0 aromatic carbocycles. The van der Waals surface area contributed by atoms with Gasteiger partial charge in [-0.05, 0) is 39.0 Å². The first kappa shape index (κ1) is 29.5. The SMILES string of the molecule is C=CC[C@H](C)[C@@H](CC(=O)C(C)(C)C(OCCC)OCCC)OC(=O)OCC(Cl)(Cl)Cl. The molecule has 0 heterocycles. The van der Waals surface area contributed by atoms with Gasteiger partial charge in [0, 0.05) is 19.6 Å². The molecule has 0 aromatic rings. The number of hydrogen-bond acceptors (Lipinski definition) is 6. The van der Waals surface area contributed by atoms with Crippen molar-refractivity contribution in [1.82, 2.24) is 0 Å². The quantitative estimate of drug-likeness (QED) is 0.117. The van der Waals surface area contributed by atoms with Gasteiger partial charge in [0.2, 0.25) is 3.79 Å². The Bertz CT molecular complexity index is 525. The number of rotatable bonds is 15. The summed E-state index contributed by atoms with van der Waals surface area (Å²) in [6.45, 7) is 13.5. The van der Waals surface area contributed by atoms with Crippen LogP contribution in [0.2, 0.25) is 0 Å². The predicted molar refractivity (Wildman–Crippen MR) is 120 cm³/mol. The van der Waals surface area contributed by atoms with Gasteiger partial charge in [0.1, 0.15) is 18.5 Å². The minimum atomic E-state index is -1.75. The van der Waals surface area contributed by atoms with Crippen molar-refractivity contribution >= 4 is 46.7 Å². The number of carbonyl (C=O) groups is 2. The Morgan fingerprint density at radius 2 is 1.60 bits per heavy atom. The van der Waals surface area contributed by atoms with E-state index >= 15 is 0 Å². The van der Waals surface area contributed by atoms with Crippen molar-refractivity contribution in [3.8, 4) is 0 Å². The summed E-state index contributed by atoms with van der Waals surface area (Å²) in [4.78, 5) is 25.2. The number of hydrogen-bond donors (Lipinski definition) is 0. The lowest BCUT2D eigenvalue weighted by Gasteiger charge is -2.34. The highest BCUT2D eigenvalue weighted by molar-refractivity contribution is 6.67. The average molecular weight is 490 g/mol. The first-order chi connectivity index (χ1) is 13.9. The Morgan fingerprint density at radius 3 is 2.03 bits per heavy atom. The molecule has 0 radical (unpaired) electrons. The number of Topliss-reactive ketones (excluding diaryl/α,β-unsaturated/α-hetero) is 1. The van der Waals surface area contributed by atoms with E-state index in [9.17, 15) is 9.59 Å². The molecule has 0 unspecified atom stereocenters. The number of allylic oxidation sites excluding steroid dienone is 1. The van der Waals surface area contributed by atoms with Gasteiger partial charge in [-0.3, -0.25) is 4.79 Å². The lowest BCUT2D eigenvalue weighted by atomic mass is 9.82. The van der Waals surface area contributed by atoms with Crippen molar-refractivity contribution in [1.29, 1.82) is 0 Å². The zero-order valence-electron chi connectivity index (χ0n) is 18.5. The molecular weight excluding hydrogens is 455 g/mol. The second-order valence-electron chi connectivity index (χ2n) is 7.73. The van der Waals surface area contributed by atoms with Crippen LogP contribution in [0.5, 0.6) is 0 Å². The second kappa shape index (κ2) is 14.5. The highest BCUT2D eigenvalue weighted by Gasteiger charge is 2.40. The summed E-state index contributed by atoms with van der Waals surface area (Å²) in [7, 11) is 0. The Balaban J connectivity index is 5.30. The first-order valence-electron chi connectivity index (χ1n) is 10.2. The van der Waals surface area contributed by atoms with Crippen LogP contribution in [0.4, 0.5) is 4.79 Å². The van der Waals surface area contributed by atoms with Gasteiger partial charge in [0.15, 0.2) is 6.29 Å². The maximum absolute atomic E-state index is 13.2. The van der Waals surface area contributed by atoms with Gasteiger partial charge in [-0.25, -0.2) is 4.79 Å². The van der Waals surface area contributed by atoms with Crippen LogP contribution in [0.15, 0.2) is 12.7 Å². The molecule has 0 fully saturated rings. The van der Waals surface area contributed by atoms with Crippen LogP contribution in [-0.4, -0.2) is 47.9 Å². The molecule has 0 aliphatic rings. The molecule has 0 rings (SSSR count). The molecule has 6 nitrogen and oxygen atoms in total. The van der Waals surface area contributed by atoms with E-state index in [4.69, 9.17) is 53.8 Å². The Labute approximate surface area is 195 Å². The van der Waals surface area contributed by atoms with E-state index in [-0.39, 0.29) is 18.1 Å². The summed E-state index contributed by atoms with van der Waals surface area (Å²) in [5.41, 5.74) is -0.943. The predicted octanol–water partition coefficient (Wildman–Crippen LogP) is 6.26. The minimum absolute atomic E-state index is 0.0354. The first-order valence-corrected chi connectivity index (χ1v) is 11.3. The standard InChI is InChI=1S/C21H35Cl3O6/c1-7-10-15(4)16(30-19(26)29-14-21(22,23)24)13-17(25)20(5,6)18(27-11-8-2)28-12-9-3/h7,15-16,18H,1,8-14H2,2-6H3/t15-,16+/m0/s1. The lowest BCUT2D eigenvalue weighted by molar-refractivity contribution is -0.201. The molecule has 0 aliphatic carbocycles. The van der Waals surface area contributed by atoms with Crippen molar-refractivity contribution in [2.75, 3.05) is 19.8 Å². The summed E-state index contributed by atoms with van der Waals surface area (Å²) in [6.07, 6.45) is 1.35. The number of halogens is 3. The van der Waals surface area contributed by atoms with Crippen LogP contribution in [0.1, 0.15) is 60.3 Å². The van der Waals surface area contributed by atoms with E-state index in [0.29, 0.717) is 19.6 Å².